The van der Waals surface area contributed by atoms with Crippen LogP contribution < -0.4 is 0 Å². The lowest BCUT2D eigenvalue weighted by Gasteiger charge is -2.05. The Morgan fingerprint density at radius 1 is 1.00 bits per heavy atom. The predicted molar refractivity (Wildman–Crippen MR) is 66.9 cm³/mol. The van der Waals surface area contributed by atoms with Crippen LogP contribution in [0.1, 0.15) is 0 Å². The molecule has 0 saturated heterocycles. The molecule has 3 heteroatoms. The summed E-state index contributed by atoms with van der Waals surface area (Å²) in [6, 6.07) is 14.4. The molecule has 3 aromatic rings. The highest BCUT2D eigenvalue weighted by Gasteiger charge is 2.07. The summed E-state index contributed by atoms with van der Waals surface area (Å²) >= 11 is 1.71. The minimum absolute atomic E-state index is 1.00. The predicted octanol–water partition coefficient (Wildman–Crippen LogP) is 3.60. The van der Waals surface area contributed by atoms with Gasteiger partial charge in [0.05, 0.1) is 4.88 Å². The number of rotatable bonds is 2. The first kappa shape index (κ1) is 9.36. The maximum absolute atomic E-state index is 4.41. The third-order valence-electron chi connectivity index (χ3n) is 2.42. The highest BCUT2D eigenvalue weighted by molar-refractivity contribution is 7.13. The Bertz CT molecular complexity index is 567. The van der Waals surface area contributed by atoms with E-state index in [0.29, 0.717) is 0 Å². The number of hydrogen-bond donors (Lipinski definition) is 0. The lowest BCUT2D eigenvalue weighted by molar-refractivity contribution is 1.07. The topological polar surface area (TPSA) is 17.8 Å². The standard InChI is InChI=1S/C13H10N2S/c1-2-5-11(6-3-1)15-9-8-14-13(15)12-7-4-10-16-12/h1-10H. The van der Waals surface area contributed by atoms with E-state index in [1.807, 2.05) is 36.7 Å². The molecule has 0 N–H and O–H groups in total. The van der Waals surface area contributed by atoms with E-state index in [4.69, 9.17) is 0 Å². The van der Waals surface area contributed by atoms with Crippen LogP contribution in [0.5, 0.6) is 0 Å². The van der Waals surface area contributed by atoms with Crippen LogP contribution in [0.2, 0.25) is 0 Å². The van der Waals surface area contributed by atoms with Gasteiger partial charge in [0.2, 0.25) is 0 Å². The first-order valence-electron chi connectivity index (χ1n) is 5.08. The summed E-state index contributed by atoms with van der Waals surface area (Å²) in [4.78, 5) is 5.60. The summed E-state index contributed by atoms with van der Waals surface area (Å²) in [6.45, 7) is 0. The van der Waals surface area contributed by atoms with Crippen LogP contribution in [0.15, 0.2) is 60.2 Å². The van der Waals surface area contributed by atoms with E-state index in [9.17, 15) is 0 Å². The second kappa shape index (κ2) is 3.94. The minimum Gasteiger partial charge on any atom is -0.299 e. The van der Waals surface area contributed by atoms with Crippen LogP contribution >= 0.6 is 11.3 Å². The van der Waals surface area contributed by atoms with Crippen LogP contribution in [0, 0.1) is 0 Å². The SMILES string of the molecule is c1ccc(-n2ccnc2-c2cccs2)cc1. The van der Waals surface area contributed by atoms with Crippen LogP contribution in [0.25, 0.3) is 16.4 Å². The smallest absolute Gasteiger partial charge is 0.154 e. The molecular weight excluding hydrogens is 216 g/mol. The Labute approximate surface area is 97.8 Å². The third kappa shape index (κ3) is 1.55. The van der Waals surface area contributed by atoms with Gasteiger partial charge in [0, 0.05) is 18.1 Å². The second-order valence-electron chi connectivity index (χ2n) is 3.43. The maximum Gasteiger partial charge on any atom is 0.154 e. The monoisotopic (exact) mass is 226 g/mol. The van der Waals surface area contributed by atoms with E-state index in [-0.39, 0.29) is 0 Å². The number of benzene rings is 1. The van der Waals surface area contributed by atoms with Crippen molar-refractivity contribution in [2.45, 2.75) is 0 Å². The number of nitrogens with zero attached hydrogens (tertiary/aromatic N) is 2. The van der Waals surface area contributed by atoms with Gasteiger partial charge < -0.3 is 0 Å². The summed E-state index contributed by atoms with van der Waals surface area (Å²) < 4.78 is 2.10. The number of thiophene rings is 1. The summed E-state index contributed by atoms with van der Waals surface area (Å²) in [6.07, 6.45) is 3.83. The van der Waals surface area contributed by atoms with Gasteiger partial charge >= 0.3 is 0 Å². The van der Waals surface area contributed by atoms with E-state index in [2.05, 4.69) is 33.1 Å². The fourth-order valence-corrected chi connectivity index (χ4v) is 2.41. The third-order valence-corrected chi connectivity index (χ3v) is 3.28. The Morgan fingerprint density at radius 3 is 2.62 bits per heavy atom. The van der Waals surface area contributed by atoms with E-state index >= 15 is 0 Å². The molecule has 16 heavy (non-hydrogen) atoms. The number of para-hydroxylation sites is 1. The first-order chi connectivity index (χ1) is 7.95. The van der Waals surface area contributed by atoms with Crippen LogP contribution in [0.3, 0.4) is 0 Å². The van der Waals surface area contributed by atoms with Crippen LogP contribution in [-0.4, -0.2) is 9.55 Å². The Morgan fingerprint density at radius 2 is 1.88 bits per heavy atom. The number of aromatic nitrogens is 2. The van der Waals surface area contributed by atoms with Gasteiger partial charge in [-0.15, -0.1) is 11.3 Å². The summed E-state index contributed by atoms with van der Waals surface area (Å²) in [5.74, 6) is 1.00. The largest absolute Gasteiger partial charge is 0.299 e. The summed E-state index contributed by atoms with van der Waals surface area (Å²) in [5.41, 5.74) is 1.14. The maximum atomic E-state index is 4.41. The molecule has 1 aromatic carbocycles. The first-order valence-corrected chi connectivity index (χ1v) is 5.96. The van der Waals surface area contributed by atoms with Crippen molar-refractivity contribution in [3.05, 3.63) is 60.2 Å². The van der Waals surface area contributed by atoms with Crippen molar-refractivity contribution in [1.29, 1.82) is 0 Å². The average molecular weight is 226 g/mol. The van der Waals surface area contributed by atoms with Gasteiger partial charge in [0.1, 0.15) is 0 Å². The Kier molecular flexibility index (Phi) is 2.31. The molecule has 0 amide bonds. The molecule has 3 rings (SSSR count). The highest BCUT2D eigenvalue weighted by atomic mass is 32.1. The zero-order valence-electron chi connectivity index (χ0n) is 8.58. The van der Waals surface area contributed by atoms with Crippen LogP contribution in [0.4, 0.5) is 0 Å². The fraction of sp³-hybridized carbons (Fsp3) is 0. The quantitative estimate of drug-likeness (QED) is 0.652. The summed E-state index contributed by atoms with van der Waals surface area (Å²) in [7, 11) is 0. The minimum atomic E-state index is 1.00. The molecule has 0 radical (unpaired) electrons. The molecule has 0 bridgehead atoms. The van der Waals surface area contributed by atoms with Crippen molar-refractivity contribution in [3.63, 3.8) is 0 Å². The zero-order chi connectivity index (χ0) is 10.8. The van der Waals surface area contributed by atoms with E-state index in [1.54, 1.807) is 11.3 Å². The molecule has 0 aliphatic rings. The van der Waals surface area contributed by atoms with Gasteiger partial charge in [-0.05, 0) is 23.6 Å². The van der Waals surface area contributed by atoms with Crippen molar-refractivity contribution < 1.29 is 0 Å². The van der Waals surface area contributed by atoms with Gasteiger partial charge in [0.25, 0.3) is 0 Å². The van der Waals surface area contributed by atoms with Gasteiger partial charge in [-0.25, -0.2) is 4.98 Å². The second-order valence-corrected chi connectivity index (χ2v) is 4.38. The Balaban J connectivity index is 2.14. The highest BCUT2D eigenvalue weighted by Crippen LogP contribution is 2.25. The molecule has 2 nitrogen and oxygen atoms in total. The molecule has 0 saturated carbocycles. The van der Waals surface area contributed by atoms with E-state index in [0.717, 1.165) is 11.5 Å². The molecule has 0 aliphatic carbocycles. The lowest BCUT2D eigenvalue weighted by atomic mass is 10.3. The number of imidazole rings is 1. The zero-order valence-corrected chi connectivity index (χ0v) is 9.39. The fourth-order valence-electron chi connectivity index (χ4n) is 1.69. The van der Waals surface area contributed by atoms with E-state index < -0.39 is 0 Å². The molecular formula is C13H10N2S. The lowest BCUT2D eigenvalue weighted by Crippen LogP contribution is -1.94. The average Bonchev–Trinajstić information content (AvgIpc) is 3.01. The molecule has 0 unspecified atom stereocenters. The van der Waals surface area contributed by atoms with E-state index in [1.165, 1.54) is 4.88 Å². The van der Waals surface area contributed by atoms with Gasteiger partial charge in [-0.1, -0.05) is 24.3 Å². The van der Waals surface area contributed by atoms with Crippen molar-refractivity contribution in [2.75, 3.05) is 0 Å². The molecule has 0 atom stereocenters. The molecule has 78 valence electrons. The molecule has 2 heterocycles. The Hall–Kier alpha value is -1.87. The molecule has 0 spiro atoms. The van der Waals surface area contributed by atoms with Crippen molar-refractivity contribution in [2.24, 2.45) is 0 Å². The molecule has 0 aliphatic heterocycles. The van der Waals surface area contributed by atoms with Gasteiger partial charge in [-0.2, -0.15) is 0 Å². The molecule has 0 fully saturated rings. The molecule has 2 aromatic heterocycles. The van der Waals surface area contributed by atoms with Gasteiger partial charge in [0.15, 0.2) is 5.82 Å². The summed E-state index contributed by atoms with van der Waals surface area (Å²) in [5, 5.41) is 2.07. The van der Waals surface area contributed by atoms with Crippen LogP contribution in [-0.2, 0) is 0 Å². The number of hydrogen-bond acceptors (Lipinski definition) is 2. The van der Waals surface area contributed by atoms with Crippen molar-refractivity contribution in [1.82, 2.24) is 9.55 Å². The van der Waals surface area contributed by atoms with Crippen molar-refractivity contribution in [3.8, 4) is 16.4 Å². The van der Waals surface area contributed by atoms with Gasteiger partial charge in [-0.3, -0.25) is 4.57 Å². The normalized spacial score (nSPS) is 10.5. The van der Waals surface area contributed by atoms with Crippen molar-refractivity contribution >= 4 is 11.3 Å².